The van der Waals surface area contributed by atoms with Gasteiger partial charge in [0.25, 0.3) is 17.6 Å². The molecule has 0 aliphatic carbocycles. The van der Waals surface area contributed by atoms with Crippen molar-refractivity contribution in [3.63, 3.8) is 0 Å². The first-order valence-electron chi connectivity index (χ1n) is 5.91. The van der Waals surface area contributed by atoms with Gasteiger partial charge >= 0.3 is 11.9 Å². The van der Waals surface area contributed by atoms with Gasteiger partial charge in [0, 0.05) is 6.42 Å². The number of carboxylic acids is 2. The van der Waals surface area contributed by atoms with Gasteiger partial charge in [0.1, 0.15) is 0 Å². The van der Waals surface area contributed by atoms with E-state index in [1.807, 2.05) is 0 Å². The smallest absolute Gasteiger partial charge is 0.363 e. The monoisotopic (exact) mass is 295 g/mol. The second kappa shape index (κ2) is 4.97. The Hall–Kier alpha value is -2.77. The molecule has 2 N–H and O–H groups in total. The van der Waals surface area contributed by atoms with E-state index in [2.05, 4.69) is 0 Å². The van der Waals surface area contributed by atoms with Crippen LogP contribution in [0.5, 0.6) is 0 Å². The highest BCUT2D eigenvalue weighted by molar-refractivity contribution is 6.23. The van der Waals surface area contributed by atoms with Gasteiger partial charge in [-0.05, 0) is 12.1 Å². The van der Waals surface area contributed by atoms with Crippen LogP contribution < -0.4 is 0 Å². The average Bonchev–Trinajstić information content (AvgIpc) is 2.69. The maximum Gasteiger partial charge on any atom is 0.363 e. The summed E-state index contributed by atoms with van der Waals surface area (Å²) in [5.41, 5.74) is -0.220. The lowest BCUT2D eigenvalue weighted by atomic mass is 10.1. The van der Waals surface area contributed by atoms with Gasteiger partial charge in [-0.1, -0.05) is 12.1 Å². The summed E-state index contributed by atoms with van der Waals surface area (Å²) in [6.07, 6.45) is -1.86. The van der Waals surface area contributed by atoms with Crippen LogP contribution in [0.2, 0.25) is 0 Å². The number of carbonyl (C=O) groups is 4. The molecule has 0 radical (unpaired) electrons. The van der Waals surface area contributed by atoms with Crippen molar-refractivity contribution in [2.24, 2.45) is 0 Å². The molecule has 8 heteroatoms. The molecule has 1 aromatic carbocycles. The Balaban J connectivity index is 2.44. The summed E-state index contributed by atoms with van der Waals surface area (Å²) >= 11 is 0. The van der Waals surface area contributed by atoms with Crippen LogP contribution >= 0.6 is 0 Å². The second-order valence-electron chi connectivity index (χ2n) is 4.45. The Morgan fingerprint density at radius 1 is 1.10 bits per heavy atom. The molecule has 1 aliphatic heterocycles. The zero-order valence-corrected chi connectivity index (χ0v) is 10.6. The van der Waals surface area contributed by atoms with Gasteiger partial charge in [-0.25, -0.2) is 14.1 Å². The number of carbonyl (C=O) groups excluding carboxylic acids is 2. The molecule has 0 saturated heterocycles. The molecule has 2 rings (SSSR count). The highest BCUT2D eigenvalue weighted by Gasteiger charge is 2.54. The maximum absolute atomic E-state index is 14.7. The van der Waals surface area contributed by atoms with Crippen LogP contribution in [-0.4, -0.2) is 44.7 Å². The van der Waals surface area contributed by atoms with Gasteiger partial charge in [-0.15, -0.1) is 0 Å². The van der Waals surface area contributed by atoms with E-state index in [0.29, 0.717) is 0 Å². The number of benzene rings is 1. The molecule has 1 aromatic rings. The third kappa shape index (κ3) is 2.24. The first-order chi connectivity index (χ1) is 9.79. The summed E-state index contributed by atoms with van der Waals surface area (Å²) in [7, 11) is 0. The van der Waals surface area contributed by atoms with Gasteiger partial charge in [0.2, 0.25) is 0 Å². The lowest BCUT2D eigenvalue weighted by Gasteiger charge is -2.28. The van der Waals surface area contributed by atoms with E-state index < -0.39 is 42.4 Å². The van der Waals surface area contributed by atoms with Crippen molar-refractivity contribution in [2.45, 2.75) is 18.6 Å². The number of amides is 2. The number of hydrogen-bond acceptors (Lipinski definition) is 4. The molecule has 110 valence electrons. The van der Waals surface area contributed by atoms with Crippen LogP contribution in [0, 0.1) is 0 Å². The van der Waals surface area contributed by atoms with Crippen molar-refractivity contribution in [1.29, 1.82) is 0 Å². The Bertz CT molecular complexity index is 623. The van der Waals surface area contributed by atoms with E-state index in [-0.39, 0.29) is 16.0 Å². The largest absolute Gasteiger partial charge is 0.481 e. The molecule has 1 unspecified atom stereocenters. The van der Waals surface area contributed by atoms with Crippen molar-refractivity contribution in [1.82, 2.24) is 4.90 Å². The van der Waals surface area contributed by atoms with E-state index in [1.54, 1.807) is 0 Å². The molecule has 0 fully saturated rings. The number of hydrogen-bond donors (Lipinski definition) is 2. The zero-order valence-electron chi connectivity index (χ0n) is 10.6. The van der Waals surface area contributed by atoms with Gasteiger partial charge in [0.15, 0.2) is 0 Å². The van der Waals surface area contributed by atoms with Gasteiger partial charge < -0.3 is 10.2 Å². The number of aliphatic carboxylic acids is 2. The van der Waals surface area contributed by atoms with Crippen LogP contribution in [0.4, 0.5) is 4.39 Å². The van der Waals surface area contributed by atoms with E-state index in [4.69, 9.17) is 10.2 Å². The average molecular weight is 295 g/mol. The topological polar surface area (TPSA) is 112 Å². The van der Waals surface area contributed by atoms with Gasteiger partial charge in [0.05, 0.1) is 17.5 Å². The minimum atomic E-state index is -3.40. The normalized spacial score (nSPS) is 16.5. The lowest BCUT2D eigenvalue weighted by Crippen LogP contribution is -2.54. The lowest BCUT2D eigenvalue weighted by molar-refractivity contribution is -0.161. The number of carboxylic acid groups (broad SMARTS) is 2. The predicted octanol–water partition coefficient (Wildman–Crippen LogP) is 0.898. The number of imide groups is 1. The molecule has 1 aliphatic rings. The van der Waals surface area contributed by atoms with Crippen molar-refractivity contribution in [2.75, 3.05) is 0 Å². The molecule has 0 spiro atoms. The van der Waals surface area contributed by atoms with E-state index in [1.165, 1.54) is 24.3 Å². The zero-order chi connectivity index (χ0) is 15.8. The van der Waals surface area contributed by atoms with Crippen molar-refractivity contribution >= 4 is 23.8 Å². The molecule has 7 nitrogen and oxygen atoms in total. The molecule has 1 heterocycles. The minimum absolute atomic E-state index is 0.0249. The highest BCUT2D eigenvalue weighted by Crippen LogP contribution is 2.33. The van der Waals surface area contributed by atoms with Crippen LogP contribution in [0.15, 0.2) is 24.3 Å². The van der Waals surface area contributed by atoms with Crippen molar-refractivity contribution in [3.05, 3.63) is 35.4 Å². The Labute approximate surface area is 117 Å². The van der Waals surface area contributed by atoms with Crippen molar-refractivity contribution < 1.29 is 33.8 Å². The summed E-state index contributed by atoms with van der Waals surface area (Å²) in [5.74, 6) is -9.10. The van der Waals surface area contributed by atoms with Crippen LogP contribution in [-0.2, 0) is 9.59 Å². The quantitative estimate of drug-likeness (QED) is 0.616. The summed E-state index contributed by atoms with van der Waals surface area (Å²) in [5, 5.41) is 17.6. The fourth-order valence-corrected chi connectivity index (χ4v) is 2.10. The summed E-state index contributed by atoms with van der Waals surface area (Å²) < 4.78 is 14.7. The summed E-state index contributed by atoms with van der Waals surface area (Å²) in [6.45, 7) is 0. The fourth-order valence-electron chi connectivity index (χ4n) is 2.10. The van der Waals surface area contributed by atoms with E-state index in [0.717, 1.165) is 0 Å². The molecule has 1 atom stereocenters. The molecule has 0 bridgehead atoms. The second-order valence-corrected chi connectivity index (χ2v) is 4.45. The van der Waals surface area contributed by atoms with Crippen LogP contribution in [0.25, 0.3) is 0 Å². The number of halogens is 1. The standard InChI is InChI=1S/C13H10FNO6/c14-13(12(20)21,6-5-9(16)17)15-10(18)7-3-1-2-4-8(7)11(15)19/h1-4H,5-6H2,(H,16,17)(H,20,21). The molecule has 0 aromatic heterocycles. The van der Waals surface area contributed by atoms with Crippen LogP contribution in [0.3, 0.4) is 0 Å². The summed E-state index contributed by atoms with van der Waals surface area (Å²) in [6, 6.07) is 5.45. The Kier molecular flexibility index (Phi) is 3.46. The first-order valence-corrected chi connectivity index (χ1v) is 5.91. The van der Waals surface area contributed by atoms with Gasteiger partial charge in [-0.3, -0.25) is 14.4 Å². The van der Waals surface area contributed by atoms with E-state index >= 15 is 0 Å². The Morgan fingerprint density at radius 3 is 1.95 bits per heavy atom. The van der Waals surface area contributed by atoms with Crippen molar-refractivity contribution in [3.8, 4) is 0 Å². The van der Waals surface area contributed by atoms with E-state index in [9.17, 15) is 23.6 Å². The molecule has 21 heavy (non-hydrogen) atoms. The SMILES string of the molecule is O=C(O)CCC(F)(C(=O)O)N1C(=O)c2ccccc2C1=O. The molecule has 2 amide bonds. The predicted molar refractivity (Wildman–Crippen MR) is 65.3 cm³/mol. The third-order valence-electron chi connectivity index (χ3n) is 3.15. The first kappa shape index (κ1) is 14.6. The Morgan fingerprint density at radius 2 is 1.57 bits per heavy atom. The van der Waals surface area contributed by atoms with Crippen LogP contribution in [0.1, 0.15) is 33.6 Å². The molecular formula is C13H10FNO6. The number of alkyl halides is 1. The van der Waals surface area contributed by atoms with Gasteiger partial charge in [-0.2, -0.15) is 0 Å². The highest BCUT2D eigenvalue weighted by atomic mass is 19.1. The fraction of sp³-hybridized carbons (Fsp3) is 0.231. The number of nitrogens with zero attached hydrogens (tertiary/aromatic N) is 1. The third-order valence-corrected chi connectivity index (χ3v) is 3.15. The number of fused-ring (bicyclic) bond motifs is 1. The molecular weight excluding hydrogens is 285 g/mol. The maximum atomic E-state index is 14.7. The molecule has 0 saturated carbocycles. The summed E-state index contributed by atoms with van der Waals surface area (Å²) in [4.78, 5) is 45.8. The number of rotatable bonds is 5. The minimum Gasteiger partial charge on any atom is -0.481 e.